The van der Waals surface area contributed by atoms with Crippen molar-refractivity contribution in [3.05, 3.63) is 82.4 Å². The van der Waals surface area contributed by atoms with Gasteiger partial charge >= 0.3 is 0 Å². The van der Waals surface area contributed by atoms with E-state index in [1.165, 1.54) is 0 Å². The Morgan fingerprint density at radius 1 is 0.818 bits per heavy atom. The van der Waals surface area contributed by atoms with Gasteiger partial charge in [-0.3, -0.25) is 4.79 Å². The van der Waals surface area contributed by atoms with Crippen LogP contribution >= 0.6 is 11.6 Å². The van der Waals surface area contributed by atoms with Crippen molar-refractivity contribution in [1.29, 1.82) is 0 Å². The molecule has 4 rings (SSSR count). The van der Waals surface area contributed by atoms with E-state index in [0.717, 1.165) is 48.7 Å². The molecule has 0 saturated carbocycles. The van der Waals surface area contributed by atoms with E-state index in [0.29, 0.717) is 22.1 Å². The second-order valence-electron chi connectivity index (χ2n) is 8.17. The van der Waals surface area contributed by atoms with Crippen LogP contribution in [-0.2, 0) is 0 Å². The van der Waals surface area contributed by atoms with Gasteiger partial charge < -0.3 is 14.5 Å². The summed E-state index contributed by atoms with van der Waals surface area (Å²) >= 11 is 6.86. The number of halogens is 1. The van der Waals surface area contributed by atoms with Crippen molar-refractivity contribution in [2.75, 3.05) is 36.0 Å². The average molecular weight is 463 g/mol. The summed E-state index contributed by atoms with van der Waals surface area (Å²) in [6.45, 7) is 12.0. The number of anilines is 2. The molecule has 33 heavy (non-hydrogen) atoms. The third-order valence-corrected chi connectivity index (χ3v) is 6.78. The van der Waals surface area contributed by atoms with Crippen molar-refractivity contribution in [3.8, 4) is 11.5 Å². The molecule has 0 aliphatic carbocycles. The van der Waals surface area contributed by atoms with E-state index in [-0.39, 0.29) is 5.78 Å². The fourth-order valence-electron chi connectivity index (χ4n) is 4.67. The predicted molar refractivity (Wildman–Crippen MR) is 138 cm³/mol. The quantitative estimate of drug-likeness (QED) is 0.332. The summed E-state index contributed by atoms with van der Waals surface area (Å²) < 4.78 is 6.44. The van der Waals surface area contributed by atoms with Gasteiger partial charge in [-0.15, -0.1) is 0 Å². The van der Waals surface area contributed by atoms with Gasteiger partial charge in [-0.05, 0) is 39.8 Å². The standard InChI is InChI=1S/C28H31ClN2O2/c1-5-30(6-2)20-14-15-22-24(17-20)33-25-18-21(31(7-3)8-4)16-23(29)27(25)26(22)28(32)19-12-10-9-11-13-19/h9-18,26H,5-8H2,1-4H3. The Labute approximate surface area is 201 Å². The molecule has 0 bridgehead atoms. The lowest BCUT2D eigenvalue weighted by atomic mass is 9.82. The fraction of sp³-hybridized carbons (Fsp3) is 0.321. The molecule has 0 radical (unpaired) electrons. The van der Waals surface area contributed by atoms with Gasteiger partial charge in [0.2, 0.25) is 0 Å². The van der Waals surface area contributed by atoms with Gasteiger partial charge in [-0.2, -0.15) is 0 Å². The van der Waals surface area contributed by atoms with Crippen molar-refractivity contribution in [1.82, 2.24) is 0 Å². The minimum atomic E-state index is -0.518. The number of Topliss-reactive ketones (excluding diaryl/α,β-unsaturated/α-hetero) is 1. The molecule has 0 aromatic heterocycles. The number of carbonyl (C=O) groups excluding carboxylic acids is 1. The van der Waals surface area contributed by atoms with Gasteiger partial charge in [0.1, 0.15) is 11.5 Å². The highest BCUT2D eigenvalue weighted by Gasteiger charge is 2.36. The molecule has 5 heteroatoms. The Hall–Kier alpha value is -2.98. The largest absolute Gasteiger partial charge is 0.457 e. The number of hydrogen-bond donors (Lipinski definition) is 0. The molecule has 172 valence electrons. The van der Waals surface area contributed by atoms with E-state index in [2.05, 4.69) is 49.6 Å². The third kappa shape index (κ3) is 4.32. The first-order valence-corrected chi connectivity index (χ1v) is 12.1. The number of benzene rings is 3. The van der Waals surface area contributed by atoms with E-state index >= 15 is 0 Å². The lowest BCUT2D eigenvalue weighted by Crippen LogP contribution is -2.24. The molecule has 0 spiro atoms. The summed E-state index contributed by atoms with van der Waals surface area (Å²) in [6.07, 6.45) is 0. The van der Waals surface area contributed by atoms with Gasteiger partial charge in [0.15, 0.2) is 5.78 Å². The van der Waals surface area contributed by atoms with Crippen LogP contribution in [0.1, 0.15) is 55.1 Å². The minimum Gasteiger partial charge on any atom is -0.457 e. The second kappa shape index (κ2) is 9.88. The van der Waals surface area contributed by atoms with Crippen molar-refractivity contribution < 1.29 is 9.53 Å². The predicted octanol–water partition coefficient (Wildman–Crippen LogP) is 7.15. The first-order chi connectivity index (χ1) is 16.0. The zero-order chi connectivity index (χ0) is 23.5. The smallest absolute Gasteiger partial charge is 0.175 e. The van der Waals surface area contributed by atoms with Crippen LogP contribution in [0.2, 0.25) is 5.02 Å². The lowest BCUT2D eigenvalue weighted by Gasteiger charge is -2.32. The van der Waals surface area contributed by atoms with Crippen LogP contribution in [0.3, 0.4) is 0 Å². The molecule has 4 nitrogen and oxygen atoms in total. The summed E-state index contributed by atoms with van der Waals surface area (Å²) in [5.74, 6) is 0.876. The van der Waals surface area contributed by atoms with Crippen LogP contribution in [0.5, 0.6) is 11.5 Å². The fourth-order valence-corrected chi connectivity index (χ4v) is 4.98. The summed E-state index contributed by atoms with van der Waals surface area (Å²) in [6, 6.07) is 19.5. The van der Waals surface area contributed by atoms with Crippen LogP contribution in [0.15, 0.2) is 60.7 Å². The summed E-state index contributed by atoms with van der Waals surface area (Å²) in [5, 5.41) is 0.558. The Morgan fingerprint density at radius 3 is 2.06 bits per heavy atom. The first-order valence-electron chi connectivity index (χ1n) is 11.8. The van der Waals surface area contributed by atoms with E-state index < -0.39 is 5.92 Å². The summed E-state index contributed by atoms with van der Waals surface area (Å²) in [5.41, 5.74) is 4.34. The third-order valence-electron chi connectivity index (χ3n) is 6.47. The summed E-state index contributed by atoms with van der Waals surface area (Å²) in [7, 11) is 0. The van der Waals surface area contributed by atoms with Gasteiger partial charge in [0, 0.05) is 66.4 Å². The van der Waals surface area contributed by atoms with Crippen molar-refractivity contribution in [2.24, 2.45) is 0 Å². The molecule has 0 N–H and O–H groups in total. The zero-order valence-corrected chi connectivity index (χ0v) is 20.5. The van der Waals surface area contributed by atoms with Crippen LogP contribution < -0.4 is 14.5 Å². The number of fused-ring (bicyclic) bond motifs is 2. The van der Waals surface area contributed by atoms with Crippen molar-refractivity contribution >= 4 is 28.8 Å². The average Bonchev–Trinajstić information content (AvgIpc) is 2.84. The maximum atomic E-state index is 13.8. The molecule has 1 heterocycles. The van der Waals surface area contributed by atoms with Crippen LogP contribution in [-0.4, -0.2) is 32.0 Å². The molecule has 3 aromatic rings. The Balaban J connectivity index is 1.90. The number of carbonyl (C=O) groups is 1. The Bertz CT molecular complexity index is 1140. The number of nitrogens with zero attached hydrogens (tertiary/aromatic N) is 2. The topological polar surface area (TPSA) is 32.8 Å². The number of hydrogen-bond acceptors (Lipinski definition) is 4. The molecule has 1 unspecified atom stereocenters. The van der Waals surface area contributed by atoms with Crippen LogP contribution in [0.25, 0.3) is 0 Å². The van der Waals surface area contributed by atoms with E-state index in [1.807, 2.05) is 48.5 Å². The molecular formula is C28H31ClN2O2. The van der Waals surface area contributed by atoms with Crippen LogP contribution in [0, 0.1) is 0 Å². The Morgan fingerprint density at radius 2 is 1.42 bits per heavy atom. The molecule has 0 amide bonds. The molecule has 1 atom stereocenters. The van der Waals surface area contributed by atoms with Gasteiger partial charge in [-0.25, -0.2) is 0 Å². The second-order valence-corrected chi connectivity index (χ2v) is 8.58. The maximum Gasteiger partial charge on any atom is 0.175 e. The van der Waals surface area contributed by atoms with Crippen molar-refractivity contribution in [3.63, 3.8) is 0 Å². The molecule has 3 aromatic carbocycles. The molecular weight excluding hydrogens is 432 g/mol. The van der Waals surface area contributed by atoms with Crippen LogP contribution in [0.4, 0.5) is 11.4 Å². The summed E-state index contributed by atoms with van der Waals surface area (Å²) in [4.78, 5) is 18.3. The molecule has 0 saturated heterocycles. The molecule has 1 aliphatic rings. The number of ketones is 1. The van der Waals surface area contributed by atoms with E-state index in [9.17, 15) is 4.79 Å². The zero-order valence-electron chi connectivity index (χ0n) is 19.8. The normalized spacial score (nSPS) is 14.2. The number of rotatable bonds is 8. The van der Waals surface area contributed by atoms with E-state index in [4.69, 9.17) is 16.3 Å². The molecule has 0 fully saturated rings. The minimum absolute atomic E-state index is 0.0227. The number of ether oxygens (including phenoxy) is 1. The van der Waals surface area contributed by atoms with Gasteiger partial charge in [0.25, 0.3) is 0 Å². The molecule has 1 aliphatic heterocycles. The van der Waals surface area contributed by atoms with Gasteiger partial charge in [0.05, 0.1) is 10.9 Å². The van der Waals surface area contributed by atoms with Crippen molar-refractivity contribution in [2.45, 2.75) is 33.6 Å². The highest BCUT2D eigenvalue weighted by atomic mass is 35.5. The maximum absolute atomic E-state index is 13.8. The highest BCUT2D eigenvalue weighted by molar-refractivity contribution is 6.32. The SMILES string of the molecule is CCN(CC)c1ccc2c(c1)Oc1cc(N(CC)CC)cc(Cl)c1C2C(=O)c1ccccc1. The first kappa shape index (κ1) is 23.2. The van der Waals surface area contributed by atoms with Gasteiger partial charge in [-0.1, -0.05) is 48.0 Å². The lowest BCUT2D eigenvalue weighted by molar-refractivity contribution is 0.0969. The van der Waals surface area contributed by atoms with E-state index in [1.54, 1.807) is 0 Å². The monoisotopic (exact) mass is 462 g/mol. The highest BCUT2D eigenvalue weighted by Crippen LogP contribution is 2.50. The Kier molecular flexibility index (Phi) is 6.94.